The Morgan fingerprint density at radius 1 is 1.33 bits per heavy atom. The monoisotopic (exact) mass is 267 g/mol. The average Bonchev–Trinajstić information content (AvgIpc) is 2.68. The summed E-state index contributed by atoms with van der Waals surface area (Å²) < 4.78 is 22.9. The predicted octanol–water partition coefficient (Wildman–Crippen LogP) is 2.11. The first-order valence-corrected chi connectivity index (χ1v) is 8.26. The van der Waals surface area contributed by atoms with Crippen molar-refractivity contribution in [2.75, 3.05) is 25.1 Å². The highest BCUT2D eigenvalue weighted by Crippen LogP contribution is 2.24. The van der Waals surface area contributed by atoms with Gasteiger partial charge < -0.3 is 0 Å². The zero-order valence-electron chi connectivity index (χ0n) is 11.0. The molecule has 2 rings (SSSR count). The normalized spacial score (nSPS) is 24.3. The maximum absolute atomic E-state index is 11.4. The lowest BCUT2D eigenvalue weighted by Crippen LogP contribution is -2.29. The predicted molar refractivity (Wildman–Crippen MR) is 74.2 cm³/mol. The Bertz CT molecular complexity index is 484. The molecule has 4 heteroatoms. The first-order chi connectivity index (χ1) is 8.48. The Kier molecular flexibility index (Phi) is 4.07. The molecule has 1 saturated heterocycles. The maximum Gasteiger partial charge on any atom is 0.150 e. The summed E-state index contributed by atoms with van der Waals surface area (Å²) in [5.74, 6) is 1.02. The molecule has 1 aliphatic rings. The number of benzene rings is 1. The Hall–Kier alpha value is -0.870. The molecule has 1 fully saturated rings. The lowest BCUT2D eigenvalue weighted by Gasteiger charge is -2.27. The molecule has 2 atom stereocenters. The van der Waals surface area contributed by atoms with Gasteiger partial charge in [-0.15, -0.1) is 0 Å². The van der Waals surface area contributed by atoms with Crippen molar-refractivity contribution < 1.29 is 8.42 Å². The zero-order chi connectivity index (χ0) is 13.2. The minimum atomic E-state index is -2.76. The van der Waals surface area contributed by atoms with E-state index in [0.29, 0.717) is 23.5 Å². The van der Waals surface area contributed by atoms with E-state index in [2.05, 4.69) is 31.0 Å². The van der Waals surface area contributed by atoms with Gasteiger partial charge in [0.15, 0.2) is 9.84 Å². The summed E-state index contributed by atoms with van der Waals surface area (Å²) in [5, 5.41) is 0. The van der Waals surface area contributed by atoms with Crippen LogP contribution < -0.4 is 0 Å². The van der Waals surface area contributed by atoms with E-state index >= 15 is 0 Å². The summed E-state index contributed by atoms with van der Waals surface area (Å²) in [7, 11) is -0.686. The van der Waals surface area contributed by atoms with Crippen LogP contribution in [0.25, 0.3) is 0 Å². The molecule has 0 spiro atoms. The molecule has 0 N–H and O–H groups in total. The van der Waals surface area contributed by atoms with Crippen molar-refractivity contribution in [2.45, 2.75) is 19.4 Å². The molecule has 0 aliphatic carbocycles. The molecule has 0 radical (unpaired) electrons. The van der Waals surface area contributed by atoms with Crippen LogP contribution in [-0.4, -0.2) is 38.4 Å². The van der Waals surface area contributed by atoms with Crippen LogP contribution in [0.15, 0.2) is 30.3 Å². The number of rotatable bonds is 4. The summed E-state index contributed by atoms with van der Waals surface area (Å²) >= 11 is 0. The standard InChI is InChI=1S/C14H21NO2S/c1-12(14-6-4-3-5-7-14)15(2)10-13-8-9-18(16,17)11-13/h3-7,12-13H,8-11H2,1-2H3. The minimum absolute atomic E-state index is 0.297. The van der Waals surface area contributed by atoms with Gasteiger partial charge in [-0.3, -0.25) is 4.90 Å². The van der Waals surface area contributed by atoms with Gasteiger partial charge in [-0.1, -0.05) is 30.3 Å². The van der Waals surface area contributed by atoms with Gasteiger partial charge >= 0.3 is 0 Å². The van der Waals surface area contributed by atoms with Crippen molar-refractivity contribution in [3.63, 3.8) is 0 Å². The Morgan fingerprint density at radius 2 is 2.00 bits per heavy atom. The van der Waals surface area contributed by atoms with Crippen molar-refractivity contribution in [3.05, 3.63) is 35.9 Å². The zero-order valence-corrected chi connectivity index (χ0v) is 11.9. The number of hydrogen-bond donors (Lipinski definition) is 0. The minimum Gasteiger partial charge on any atom is -0.299 e. The van der Waals surface area contributed by atoms with Crippen LogP contribution in [0, 0.1) is 5.92 Å². The quantitative estimate of drug-likeness (QED) is 0.838. The van der Waals surface area contributed by atoms with Gasteiger partial charge in [0.1, 0.15) is 0 Å². The molecule has 2 unspecified atom stereocenters. The molecule has 1 aromatic carbocycles. The topological polar surface area (TPSA) is 37.4 Å². The van der Waals surface area contributed by atoms with Crippen LogP contribution in [0.5, 0.6) is 0 Å². The molecule has 0 saturated carbocycles. The van der Waals surface area contributed by atoms with Crippen LogP contribution in [0.4, 0.5) is 0 Å². The largest absolute Gasteiger partial charge is 0.299 e. The van der Waals surface area contributed by atoms with E-state index in [4.69, 9.17) is 0 Å². The van der Waals surface area contributed by atoms with Gasteiger partial charge in [0.2, 0.25) is 0 Å². The van der Waals surface area contributed by atoms with Gasteiger partial charge in [-0.2, -0.15) is 0 Å². The lowest BCUT2D eigenvalue weighted by atomic mass is 10.0. The summed E-state index contributed by atoms with van der Waals surface area (Å²) in [6, 6.07) is 10.7. The Morgan fingerprint density at radius 3 is 2.56 bits per heavy atom. The third-order valence-corrected chi connectivity index (χ3v) is 5.65. The molecular weight excluding hydrogens is 246 g/mol. The summed E-state index contributed by atoms with van der Waals surface area (Å²) in [6.07, 6.45) is 0.814. The molecular formula is C14H21NO2S. The Balaban J connectivity index is 1.94. The van der Waals surface area contributed by atoms with Crippen LogP contribution in [0.2, 0.25) is 0 Å². The van der Waals surface area contributed by atoms with Crippen LogP contribution >= 0.6 is 0 Å². The Labute approximate surface area is 110 Å². The highest BCUT2D eigenvalue weighted by atomic mass is 32.2. The van der Waals surface area contributed by atoms with Gasteiger partial charge in [-0.05, 0) is 31.9 Å². The van der Waals surface area contributed by atoms with Crippen LogP contribution in [0.3, 0.4) is 0 Å². The number of nitrogens with zero attached hydrogens (tertiary/aromatic N) is 1. The van der Waals surface area contributed by atoms with E-state index in [-0.39, 0.29) is 0 Å². The molecule has 0 aromatic heterocycles. The SMILES string of the molecule is CC(c1ccccc1)N(C)CC1CCS(=O)(=O)C1. The first-order valence-electron chi connectivity index (χ1n) is 6.43. The van der Waals surface area contributed by atoms with Gasteiger partial charge in [0.05, 0.1) is 11.5 Å². The van der Waals surface area contributed by atoms with E-state index in [1.165, 1.54) is 5.56 Å². The van der Waals surface area contributed by atoms with E-state index in [0.717, 1.165) is 13.0 Å². The third-order valence-electron chi connectivity index (χ3n) is 3.82. The van der Waals surface area contributed by atoms with E-state index in [1.54, 1.807) is 0 Å². The molecule has 0 amide bonds. The first kappa shape index (κ1) is 13.6. The van der Waals surface area contributed by atoms with Crippen LogP contribution in [0.1, 0.15) is 24.9 Å². The van der Waals surface area contributed by atoms with Crippen molar-refractivity contribution in [3.8, 4) is 0 Å². The molecule has 1 heterocycles. The fraction of sp³-hybridized carbons (Fsp3) is 0.571. The van der Waals surface area contributed by atoms with Crippen molar-refractivity contribution in [2.24, 2.45) is 5.92 Å². The lowest BCUT2D eigenvalue weighted by molar-refractivity contribution is 0.228. The van der Waals surface area contributed by atoms with Gasteiger partial charge in [-0.25, -0.2) is 8.42 Å². The second-order valence-electron chi connectivity index (χ2n) is 5.30. The molecule has 18 heavy (non-hydrogen) atoms. The van der Waals surface area contributed by atoms with E-state index < -0.39 is 9.84 Å². The molecule has 3 nitrogen and oxygen atoms in total. The van der Waals surface area contributed by atoms with Gasteiger partial charge in [0, 0.05) is 12.6 Å². The van der Waals surface area contributed by atoms with Crippen molar-refractivity contribution in [1.82, 2.24) is 4.90 Å². The summed E-state index contributed by atoms with van der Waals surface area (Å²) in [4.78, 5) is 2.25. The van der Waals surface area contributed by atoms with E-state index in [1.807, 2.05) is 18.2 Å². The summed E-state index contributed by atoms with van der Waals surface area (Å²) in [6.45, 7) is 3.02. The van der Waals surface area contributed by atoms with Gasteiger partial charge in [0.25, 0.3) is 0 Å². The second kappa shape index (κ2) is 5.41. The molecule has 100 valence electrons. The highest BCUT2D eigenvalue weighted by Gasteiger charge is 2.29. The van der Waals surface area contributed by atoms with Crippen LogP contribution in [-0.2, 0) is 9.84 Å². The second-order valence-corrected chi connectivity index (χ2v) is 7.52. The molecule has 0 bridgehead atoms. The third kappa shape index (κ3) is 3.33. The fourth-order valence-corrected chi connectivity index (χ4v) is 4.42. The average molecular weight is 267 g/mol. The molecule has 1 aliphatic heterocycles. The van der Waals surface area contributed by atoms with Crippen molar-refractivity contribution in [1.29, 1.82) is 0 Å². The van der Waals surface area contributed by atoms with Crippen molar-refractivity contribution >= 4 is 9.84 Å². The highest BCUT2D eigenvalue weighted by molar-refractivity contribution is 7.91. The number of hydrogen-bond acceptors (Lipinski definition) is 3. The summed E-state index contributed by atoms with van der Waals surface area (Å²) in [5.41, 5.74) is 1.28. The van der Waals surface area contributed by atoms with E-state index in [9.17, 15) is 8.42 Å². The fourth-order valence-electron chi connectivity index (χ4n) is 2.57. The maximum atomic E-state index is 11.4. The molecule has 1 aromatic rings. The number of sulfone groups is 1. The smallest absolute Gasteiger partial charge is 0.150 e.